The Morgan fingerprint density at radius 3 is 2.62 bits per heavy atom. The number of piperidine rings is 1. The molecule has 2 N–H and O–H groups in total. The molecule has 1 amide bonds. The second kappa shape index (κ2) is 7.61. The topological polar surface area (TPSA) is 85.8 Å². The Balaban J connectivity index is 1.53. The monoisotopic (exact) mass is 332 g/mol. The molecule has 0 aromatic carbocycles. The van der Waals surface area contributed by atoms with Crippen LogP contribution in [0.4, 0.5) is 11.5 Å². The highest BCUT2D eigenvalue weighted by Gasteiger charge is 2.31. The van der Waals surface area contributed by atoms with Gasteiger partial charge in [-0.15, -0.1) is 0 Å². The van der Waals surface area contributed by atoms with Crippen molar-refractivity contribution in [3.8, 4) is 0 Å². The first-order valence-electron chi connectivity index (χ1n) is 8.61. The molecule has 0 saturated carbocycles. The maximum Gasteiger partial charge on any atom is 0.320 e. The predicted molar refractivity (Wildman–Crippen MR) is 91.2 cm³/mol. The van der Waals surface area contributed by atoms with Crippen molar-refractivity contribution in [1.82, 2.24) is 9.88 Å². The lowest BCUT2D eigenvalue weighted by molar-refractivity contribution is -0.142. The zero-order valence-corrected chi connectivity index (χ0v) is 13.8. The number of carboxylic acid groups (broad SMARTS) is 1. The van der Waals surface area contributed by atoms with E-state index in [0.29, 0.717) is 18.7 Å². The number of nitrogens with zero attached hydrogens (tertiary/aromatic N) is 3. The first-order valence-corrected chi connectivity index (χ1v) is 8.61. The minimum atomic E-state index is -0.854. The number of rotatable bonds is 5. The predicted octanol–water partition coefficient (Wildman–Crippen LogP) is 1.56. The summed E-state index contributed by atoms with van der Waals surface area (Å²) in [6, 6.07) is 3.24. The Morgan fingerprint density at radius 1 is 1.17 bits per heavy atom. The van der Waals surface area contributed by atoms with Gasteiger partial charge in [-0.25, -0.2) is 4.98 Å². The van der Waals surface area contributed by atoms with Crippen molar-refractivity contribution in [2.75, 3.05) is 36.4 Å². The maximum atomic E-state index is 12.1. The number of carboxylic acids is 1. The molecule has 0 spiro atoms. The third-order valence-electron chi connectivity index (χ3n) is 4.71. The smallest absolute Gasteiger partial charge is 0.320 e. The van der Waals surface area contributed by atoms with Crippen molar-refractivity contribution >= 4 is 23.4 Å². The van der Waals surface area contributed by atoms with Gasteiger partial charge in [0.1, 0.15) is 11.9 Å². The normalized spacial score (nSPS) is 21.7. The number of pyridine rings is 1. The van der Waals surface area contributed by atoms with Crippen LogP contribution in [0.25, 0.3) is 0 Å². The molecule has 0 aliphatic carbocycles. The summed E-state index contributed by atoms with van der Waals surface area (Å²) in [7, 11) is 0. The van der Waals surface area contributed by atoms with E-state index >= 15 is 0 Å². The van der Waals surface area contributed by atoms with E-state index in [-0.39, 0.29) is 12.5 Å². The lowest BCUT2D eigenvalue weighted by Gasteiger charge is -2.27. The molecule has 1 aromatic rings. The molecule has 1 aromatic heterocycles. The van der Waals surface area contributed by atoms with Crippen molar-refractivity contribution in [2.45, 2.75) is 38.1 Å². The van der Waals surface area contributed by atoms with E-state index in [1.54, 1.807) is 11.1 Å². The number of carbonyl (C=O) groups excluding carboxylic acids is 1. The number of nitrogens with one attached hydrogen (secondary N) is 1. The van der Waals surface area contributed by atoms with Crippen LogP contribution in [-0.2, 0) is 9.59 Å². The first kappa shape index (κ1) is 16.7. The second-order valence-electron chi connectivity index (χ2n) is 6.47. The third-order valence-corrected chi connectivity index (χ3v) is 4.71. The van der Waals surface area contributed by atoms with E-state index in [4.69, 9.17) is 5.11 Å². The van der Waals surface area contributed by atoms with Crippen molar-refractivity contribution in [3.63, 3.8) is 0 Å². The molecule has 0 bridgehead atoms. The number of likely N-dealkylation sites (tertiary alicyclic amines) is 1. The second-order valence-corrected chi connectivity index (χ2v) is 6.47. The minimum Gasteiger partial charge on any atom is -0.480 e. The lowest BCUT2D eigenvalue weighted by Crippen LogP contribution is -2.40. The van der Waals surface area contributed by atoms with Crippen molar-refractivity contribution in [3.05, 3.63) is 18.3 Å². The highest BCUT2D eigenvalue weighted by Crippen LogP contribution is 2.20. The standard InChI is InChI=1S/C17H24N4O3/c22-16(12-21-10-4-5-14(21)17(23)24)19-13-6-7-15(18-11-13)20-8-2-1-3-9-20/h6-7,11,14H,1-5,8-10,12H2,(H,19,22)(H,23,24)/t14-/m1/s1. The number of aromatic nitrogens is 1. The summed E-state index contributed by atoms with van der Waals surface area (Å²) >= 11 is 0. The molecule has 2 aliphatic heterocycles. The van der Waals surface area contributed by atoms with Gasteiger partial charge in [-0.1, -0.05) is 0 Å². The Bertz CT molecular complexity index is 584. The fourth-order valence-electron chi connectivity index (χ4n) is 3.45. The van der Waals surface area contributed by atoms with E-state index in [2.05, 4.69) is 15.2 Å². The molecule has 2 aliphatic rings. The number of amides is 1. The third kappa shape index (κ3) is 4.03. The summed E-state index contributed by atoms with van der Waals surface area (Å²) in [6.45, 7) is 2.82. The molecule has 2 saturated heterocycles. The van der Waals surface area contributed by atoms with Gasteiger partial charge in [-0.05, 0) is 50.8 Å². The highest BCUT2D eigenvalue weighted by atomic mass is 16.4. The molecule has 1 atom stereocenters. The van der Waals surface area contributed by atoms with Gasteiger partial charge in [0.25, 0.3) is 0 Å². The van der Waals surface area contributed by atoms with Crippen LogP contribution < -0.4 is 10.2 Å². The van der Waals surface area contributed by atoms with Crippen LogP contribution in [0.15, 0.2) is 18.3 Å². The van der Waals surface area contributed by atoms with Crippen LogP contribution in [-0.4, -0.2) is 59.1 Å². The molecule has 7 nitrogen and oxygen atoms in total. The molecule has 3 rings (SSSR count). The van der Waals surface area contributed by atoms with Crippen molar-refractivity contribution in [1.29, 1.82) is 0 Å². The number of hydrogen-bond acceptors (Lipinski definition) is 5. The van der Waals surface area contributed by atoms with E-state index in [0.717, 1.165) is 25.3 Å². The maximum absolute atomic E-state index is 12.1. The average molecular weight is 332 g/mol. The van der Waals surface area contributed by atoms with Gasteiger partial charge in [-0.3, -0.25) is 14.5 Å². The summed E-state index contributed by atoms with van der Waals surface area (Å²) in [6.07, 6.45) is 6.76. The number of carbonyl (C=O) groups is 2. The summed E-state index contributed by atoms with van der Waals surface area (Å²) in [5.41, 5.74) is 0.645. The van der Waals surface area contributed by atoms with Gasteiger partial charge in [0.05, 0.1) is 18.4 Å². The van der Waals surface area contributed by atoms with Gasteiger partial charge in [-0.2, -0.15) is 0 Å². The van der Waals surface area contributed by atoms with Crippen molar-refractivity contribution in [2.24, 2.45) is 0 Å². The molecule has 2 fully saturated rings. The highest BCUT2D eigenvalue weighted by molar-refractivity contribution is 5.92. The zero-order chi connectivity index (χ0) is 16.9. The van der Waals surface area contributed by atoms with Gasteiger partial charge >= 0.3 is 5.97 Å². The number of anilines is 2. The molecule has 7 heteroatoms. The molecular weight excluding hydrogens is 308 g/mol. The zero-order valence-electron chi connectivity index (χ0n) is 13.8. The van der Waals surface area contributed by atoms with Crippen LogP contribution in [0.2, 0.25) is 0 Å². The fourth-order valence-corrected chi connectivity index (χ4v) is 3.45. The fraction of sp³-hybridized carbons (Fsp3) is 0.588. The minimum absolute atomic E-state index is 0.102. The van der Waals surface area contributed by atoms with Gasteiger partial charge < -0.3 is 15.3 Å². The van der Waals surface area contributed by atoms with Crippen LogP contribution >= 0.6 is 0 Å². The molecular formula is C17H24N4O3. The van der Waals surface area contributed by atoms with Gasteiger partial charge in [0, 0.05) is 13.1 Å². The Hall–Kier alpha value is -2.15. The Kier molecular flexibility index (Phi) is 5.30. The molecule has 24 heavy (non-hydrogen) atoms. The van der Waals surface area contributed by atoms with Gasteiger partial charge in [0.2, 0.25) is 5.91 Å². The summed E-state index contributed by atoms with van der Waals surface area (Å²) in [4.78, 5) is 31.7. The van der Waals surface area contributed by atoms with E-state index in [1.165, 1.54) is 19.3 Å². The Morgan fingerprint density at radius 2 is 1.96 bits per heavy atom. The SMILES string of the molecule is O=C(CN1CCC[C@@H]1C(=O)O)Nc1ccc(N2CCCCC2)nc1. The summed E-state index contributed by atoms with van der Waals surface area (Å²) in [5, 5.41) is 12.0. The van der Waals surface area contributed by atoms with E-state index in [9.17, 15) is 9.59 Å². The summed E-state index contributed by atoms with van der Waals surface area (Å²) in [5.74, 6) is -0.110. The van der Waals surface area contributed by atoms with Crippen LogP contribution in [0.1, 0.15) is 32.1 Å². The van der Waals surface area contributed by atoms with Crippen LogP contribution in [0.5, 0.6) is 0 Å². The molecule has 3 heterocycles. The van der Waals surface area contributed by atoms with Gasteiger partial charge in [0.15, 0.2) is 0 Å². The molecule has 0 unspecified atom stereocenters. The first-order chi connectivity index (χ1) is 11.6. The number of aliphatic carboxylic acids is 1. The molecule has 130 valence electrons. The Labute approximate surface area is 141 Å². The summed E-state index contributed by atoms with van der Waals surface area (Å²) < 4.78 is 0. The largest absolute Gasteiger partial charge is 0.480 e. The quantitative estimate of drug-likeness (QED) is 0.851. The van der Waals surface area contributed by atoms with Crippen LogP contribution in [0.3, 0.4) is 0 Å². The van der Waals surface area contributed by atoms with E-state index in [1.807, 2.05) is 12.1 Å². The van der Waals surface area contributed by atoms with E-state index < -0.39 is 12.0 Å². The number of hydrogen-bond donors (Lipinski definition) is 2. The lowest BCUT2D eigenvalue weighted by atomic mass is 10.1. The molecule has 0 radical (unpaired) electrons. The average Bonchev–Trinajstić information content (AvgIpc) is 3.04. The van der Waals surface area contributed by atoms with Crippen LogP contribution in [0, 0.1) is 0 Å². The van der Waals surface area contributed by atoms with Crippen molar-refractivity contribution < 1.29 is 14.7 Å².